The van der Waals surface area contributed by atoms with Crippen molar-refractivity contribution in [3.8, 4) is 0 Å². The van der Waals surface area contributed by atoms with Crippen LogP contribution in [-0.2, 0) is 6.54 Å². The topological polar surface area (TPSA) is 70.1 Å². The molecular formula is C25H27N7. The van der Waals surface area contributed by atoms with Crippen molar-refractivity contribution < 1.29 is 0 Å². The van der Waals surface area contributed by atoms with Crippen LogP contribution in [0.5, 0.6) is 0 Å². The van der Waals surface area contributed by atoms with E-state index in [1.165, 1.54) is 16.7 Å². The molecule has 0 radical (unpaired) electrons. The highest BCUT2D eigenvalue weighted by Gasteiger charge is 2.20. The van der Waals surface area contributed by atoms with Crippen LogP contribution in [-0.4, -0.2) is 51.0 Å². The number of hydrogen-bond donors (Lipinski definition) is 1. The lowest BCUT2D eigenvalue weighted by atomic mass is 10.1. The lowest BCUT2D eigenvalue weighted by molar-refractivity contribution is 0.249. The van der Waals surface area contributed by atoms with Gasteiger partial charge in [0, 0.05) is 44.6 Å². The van der Waals surface area contributed by atoms with Crippen LogP contribution in [0.25, 0.3) is 11.0 Å². The van der Waals surface area contributed by atoms with E-state index in [2.05, 4.69) is 92.4 Å². The van der Waals surface area contributed by atoms with Crippen molar-refractivity contribution in [1.29, 1.82) is 0 Å². The molecule has 32 heavy (non-hydrogen) atoms. The Labute approximate surface area is 188 Å². The van der Waals surface area contributed by atoms with Crippen molar-refractivity contribution in [2.75, 3.05) is 36.4 Å². The highest BCUT2D eigenvalue weighted by Crippen LogP contribution is 2.24. The van der Waals surface area contributed by atoms with Crippen molar-refractivity contribution in [1.82, 2.24) is 24.8 Å². The highest BCUT2D eigenvalue weighted by atomic mass is 15.3. The lowest BCUT2D eigenvalue weighted by Crippen LogP contribution is -2.46. The molecule has 7 nitrogen and oxygen atoms in total. The molecular weight excluding hydrogens is 398 g/mol. The maximum atomic E-state index is 4.75. The second-order valence-electron chi connectivity index (χ2n) is 8.30. The van der Waals surface area contributed by atoms with Crippen molar-refractivity contribution >= 4 is 28.5 Å². The molecule has 0 aliphatic carbocycles. The summed E-state index contributed by atoms with van der Waals surface area (Å²) < 4.78 is 0. The lowest BCUT2D eigenvalue weighted by Gasteiger charge is -2.34. The second-order valence-corrected chi connectivity index (χ2v) is 8.30. The Morgan fingerprint density at radius 1 is 0.875 bits per heavy atom. The van der Waals surface area contributed by atoms with Gasteiger partial charge in [0.25, 0.3) is 0 Å². The third-order valence-corrected chi connectivity index (χ3v) is 6.05. The zero-order valence-electron chi connectivity index (χ0n) is 18.5. The highest BCUT2D eigenvalue weighted by molar-refractivity contribution is 5.88. The van der Waals surface area contributed by atoms with E-state index < -0.39 is 0 Å². The average molecular weight is 426 g/mol. The van der Waals surface area contributed by atoms with E-state index in [0.29, 0.717) is 5.65 Å². The quantitative estimate of drug-likeness (QED) is 0.516. The molecule has 4 aromatic rings. The zero-order valence-corrected chi connectivity index (χ0v) is 18.5. The number of benzene rings is 2. The summed E-state index contributed by atoms with van der Waals surface area (Å²) in [7, 11) is 0. The van der Waals surface area contributed by atoms with Crippen LogP contribution >= 0.6 is 0 Å². The summed E-state index contributed by atoms with van der Waals surface area (Å²) in [5.74, 6) is 1.45. The molecule has 162 valence electrons. The molecule has 1 N–H and O–H groups in total. The van der Waals surface area contributed by atoms with Crippen LogP contribution in [0.15, 0.2) is 61.1 Å². The molecule has 2 aromatic carbocycles. The van der Waals surface area contributed by atoms with Crippen LogP contribution in [0, 0.1) is 13.8 Å². The van der Waals surface area contributed by atoms with Crippen molar-refractivity contribution in [3.05, 3.63) is 77.7 Å². The number of nitrogens with one attached hydrogen (secondary N) is 1. The third-order valence-electron chi connectivity index (χ3n) is 6.05. The number of anilines is 3. The summed E-state index contributed by atoms with van der Waals surface area (Å²) in [6, 6.07) is 16.9. The zero-order chi connectivity index (χ0) is 21.9. The molecule has 0 atom stereocenters. The molecule has 0 spiro atoms. The Hall–Kier alpha value is -3.58. The third kappa shape index (κ3) is 4.38. The van der Waals surface area contributed by atoms with Crippen LogP contribution in [0.3, 0.4) is 0 Å². The van der Waals surface area contributed by atoms with Gasteiger partial charge in [-0.3, -0.25) is 4.90 Å². The average Bonchev–Trinajstić information content (AvgIpc) is 2.82. The first-order valence-corrected chi connectivity index (χ1v) is 11.0. The predicted molar refractivity (Wildman–Crippen MR) is 128 cm³/mol. The van der Waals surface area contributed by atoms with E-state index in [0.717, 1.165) is 55.6 Å². The van der Waals surface area contributed by atoms with E-state index in [1.54, 1.807) is 6.33 Å². The van der Waals surface area contributed by atoms with E-state index in [9.17, 15) is 0 Å². The predicted octanol–water partition coefficient (Wildman–Crippen LogP) is 4.10. The van der Waals surface area contributed by atoms with Crippen molar-refractivity contribution in [3.63, 3.8) is 0 Å². The number of piperazine rings is 1. The maximum absolute atomic E-state index is 4.75. The number of hydrogen-bond acceptors (Lipinski definition) is 7. The maximum Gasteiger partial charge on any atom is 0.227 e. The minimum absolute atomic E-state index is 0.656. The molecule has 0 saturated carbocycles. The summed E-state index contributed by atoms with van der Waals surface area (Å²) in [6.07, 6.45) is 3.39. The van der Waals surface area contributed by atoms with Gasteiger partial charge in [-0.25, -0.2) is 15.0 Å². The van der Waals surface area contributed by atoms with E-state index in [1.807, 2.05) is 6.20 Å². The molecule has 1 saturated heterocycles. The summed E-state index contributed by atoms with van der Waals surface area (Å²) in [5, 5.41) is 4.21. The molecule has 7 heteroatoms. The van der Waals surface area contributed by atoms with Crippen molar-refractivity contribution in [2.45, 2.75) is 20.4 Å². The number of fused-ring (bicyclic) bond motifs is 1. The van der Waals surface area contributed by atoms with E-state index in [4.69, 9.17) is 4.98 Å². The molecule has 0 bridgehead atoms. The Bertz CT molecular complexity index is 1220. The fraction of sp³-hybridized carbons (Fsp3) is 0.280. The molecule has 0 unspecified atom stereocenters. The minimum Gasteiger partial charge on any atom is -0.340 e. The van der Waals surface area contributed by atoms with Crippen LogP contribution in [0.1, 0.15) is 16.7 Å². The monoisotopic (exact) mass is 425 g/mol. The Balaban J connectivity index is 1.29. The van der Waals surface area contributed by atoms with Gasteiger partial charge < -0.3 is 10.2 Å². The van der Waals surface area contributed by atoms with Gasteiger partial charge in [0.15, 0.2) is 5.65 Å². The largest absolute Gasteiger partial charge is 0.340 e. The number of rotatable bonds is 5. The summed E-state index contributed by atoms with van der Waals surface area (Å²) in [6.45, 7) is 8.96. The molecule has 0 amide bonds. The standard InChI is InChI=1S/C25H27N7/c1-18-8-9-21(14-19(18)2)29-23-22-15-26-25(30-24(22)28-17-27-23)32-12-10-31(11-13-32)16-20-6-4-3-5-7-20/h3-9,14-15,17H,10-13,16H2,1-2H3,(H,26,27,28,29,30). The minimum atomic E-state index is 0.656. The molecule has 1 aliphatic rings. The van der Waals surface area contributed by atoms with Gasteiger partial charge in [-0.1, -0.05) is 36.4 Å². The van der Waals surface area contributed by atoms with Gasteiger partial charge in [-0.15, -0.1) is 0 Å². The summed E-state index contributed by atoms with van der Waals surface area (Å²) in [5.41, 5.74) is 5.50. The first-order chi connectivity index (χ1) is 15.7. The molecule has 5 rings (SSSR count). The molecule has 3 heterocycles. The summed E-state index contributed by atoms with van der Waals surface area (Å²) >= 11 is 0. The smallest absolute Gasteiger partial charge is 0.227 e. The van der Waals surface area contributed by atoms with Crippen molar-refractivity contribution in [2.24, 2.45) is 0 Å². The van der Waals surface area contributed by atoms with Gasteiger partial charge in [0.1, 0.15) is 12.1 Å². The normalized spacial score (nSPS) is 14.6. The molecule has 1 fully saturated rings. The van der Waals surface area contributed by atoms with Crippen LogP contribution < -0.4 is 10.2 Å². The number of aromatic nitrogens is 4. The van der Waals surface area contributed by atoms with Gasteiger partial charge >= 0.3 is 0 Å². The Kier molecular flexibility index (Phi) is 5.64. The van der Waals surface area contributed by atoms with Crippen LogP contribution in [0.4, 0.5) is 17.5 Å². The Morgan fingerprint density at radius 2 is 1.69 bits per heavy atom. The van der Waals surface area contributed by atoms with Gasteiger partial charge in [-0.05, 0) is 42.7 Å². The van der Waals surface area contributed by atoms with E-state index in [-0.39, 0.29) is 0 Å². The fourth-order valence-corrected chi connectivity index (χ4v) is 4.00. The van der Waals surface area contributed by atoms with Gasteiger partial charge in [0.2, 0.25) is 5.95 Å². The van der Waals surface area contributed by atoms with Crippen LogP contribution in [0.2, 0.25) is 0 Å². The van der Waals surface area contributed by atoms with Gasteiger partial charge in [-0.2, -0.15) is 4.98 Å². The SMILES string of the molecule is Cc1ccc(Nc2ncnc3nc(N4CCN(Cc5ccccc5)CC4)ncc23)cc1C. The number of nitrogens with zero attached hydrogens (tertiary/aromatic N) is 6. The summed E-state index contributed by atoms with van der Waals surface area (Å²) in [4.78, 5) is 22.9. The first kappa shape index (κ1) is 20.3. The van der Waals surface area contributed by atoms with Gasteiger partial charge in [0.05, 0.1) is 5.39 Å². The second kappa shape index (κ2) is 8.88. The molecule has 2 aromatic heterocycles. The fourth-order valence-electron chi connectivity index (χ4n) is 4.00. The first-order valence-electron chi connectivity index (χ1n) is 11.0. The Morgan fingerprint density at radius 3 is 2.47 bits per heavy atom. The number of aryl methyl sites for hydroxylation is 2. The van der Waals surface area contributed by atoms with E-state index >= 15 is 0 Å². The molecule has 1 aliphatic heterocycles.